The predicted octanol–water partition coefficient (Wildman–Crippen LogP) is 4.70. The van der Waals surface area contributed by atoms with E-state index in [2.05, 4.69) is 15.9 Å². The first-order valence-corrected chi connectivity index (χ1v) is 7.37. The van der Waals surface area contributed by atoms with Gasteiger partial charge in [-0.25, -0.2) is 0 Å². The van der Waals surface area contributed by atoms with Crippen LogP contribution in [0.1, 0.15) is 34.0 Å². The fourth-order valence-corrected chi connectivity index (χ4v) is 2.40. The summed E-state index contributed by atoms with van der Waals surface area (Å²) in [4.78, 5) is 12.7. The summed E-state index contributed by atoms with van der Waals surface area (Å²) in [7, 11) is 0. The van der Waals surface area contributed by atoms with Crippen molar-refractivity contribution in [1.29, 1.82) is 0 Å². The summed E-state index contributed by atoms with van der Waals surface area (Å²) < 4.78 is 6.58. The second-order valence-corrected chi connectivity index (χ2v) is 5.48. The number of hydrogen-bond acceptors (Lipinski definition) is 2. The molecule has 104 valence electrons. The SMILES string of the molecule is CCOc1ccccc1C(=O)c1cc(C)c(Br)c(C)c1. The zero-order valence-electron chi connectivity index (χ0n) is 11.9. The molecule has 0 saturated carbocycles. The fourth-order valence-electron chi connectivity index (χ4n) is 2.17. The van der Waals surface area contributed by atoms with E-state index in [1.54, 1.807) is 6.07 Å². The van der Waals surface area contributed by atoms with Crippen LogP contribution >= 0.6 is 15.9 Å². The summed E-state index contributed by atoms with van der Waals surface area (Å²) in [5.41, 5.74) is 3.41. The Morgan fingerprint density at radius 3 is 2.35 bits per heavy atom. The van der Waals surface area contributed by atoms with E-state index in [4.69, 9.17) is 4.74 Å². The van der Waals surface area contributed by atoms with E-state index in [1.165, 1.54) is 0 Å². The van der Waals surface area contributed by atoms with Gasteiger partial charge in [0.25, 0.3) is 0 Å². The van der Waals surface area contributed by atoms with Gasteiger partial charge in [-0.3, -0.25) is 4.79 Å². The van der Waals surface area contributed by atoms with Gasteiger partial charge in [-0.15, -0.1) is 0 Å². The highest BCUT2D eigenvalue weighted by atomic mass is 79.9. The molecule has 3 heteroatoms. The molecule has 2 aromatic rings. The van der Waals surface area contributed by atoms with E-state index in [0.717, 1.165) is 15.6 Å². The van der Waals surface area contributed by atoms with Crippen molar-refractivity contribution in [3.63, 3.8) is 0 Å². The largest absolute Gasteiger partial charge is 0.493 e. The van der Waals surface area contributed by atoms with Crippen LogP contribution in [0.4, 0.5) is 0 Å². The number of halogens is 1. The number of hydrogen-bond donors (Lipinski definition) is 0. The second-order valence-electron chi connectivity index (χ2n) is 4.68. The minimum atomic E-state index is -0.00671. The van der Waals surface area contributed by atoms with E-state index in [1.807, 2.05) is 51.1 Å². The van der Waals surface area contributed by atoms with Crippen molar-refractivity contribution < 1.29 is 9.53 Å². The number of benzene rings is 2. The Kier molecular flexibility index (Phi) is 4.61. The summed E-state index contributed by atoms with van der Waals surface area (Å²) in [5.74, 6) is 0.631. The first-order valence-electron chi connectivity index (χ1n) is 6.58. The number of carbonyl (C=O) groups is 1. The smallest absolute Gasteiger partial charge is 0.196 e. The van der Waals surface area contributed by atoms with Crippen molar-refractivity contribution >= 4 is 21.7 Å². The molecular formula is C17H17BrO2. The maximum absolute atomic E-state index is 12.7. The van der Waals surface area contributed by atoms with Crippen molar-refractivity contribution in [2.75, 3.05) is 6.61 Å². The van der Waals surface area contributed by atoms with Gasteiger partial charge in [0.1, 0.15) is 5.75 Å². The molecule has 0 aliphatic rings. The average molecular weight is 333 g/mol. The maximum Gasteiger partial charge on any atom is 0.196 e. The third-order valence-corrected chi connectivity index (χ3v) is 4.38. The molecule has 0 spiro atoms. The molecule has 0 N–H and O–H groups in total. The van der Waals surface area contributed by atoms with Crippen LogP contribution in [0.2, 0.25) is 0 Å². The first-order chi connectivity index (χ1) is 9.54. The van der Waals surface area contributed by atoms with Gasteiger partial charge in [0.2, 0.25) is 0 Å². The zero-order chi connectivity index (χ0) is 14.7. The number of ether oxygens (including phenoxy) is 1. The number of para-hydroxylation sites is 1. The molecule has 0 aliphatic heterocycles. The molecular weight excluding hydrogens is 316 g/mol. The summed E-state index contributed by atoms with van der Waals surface area (Å²) in [6.45, 7) is 6.43. The van der Waals surface area contributed by atoms with Gasteiger partial charge < -0.3 is 4.74 Å². The van der Waals surface area contributed by atoms with Crippen LogP contribution in [0.15, 0.2) is 40.9 Å². The Hall–Kier alpha value is -1.61. The molecule has 2 aromatic carbocycles. The number of aryl methyl sites for hydroxylation is 2. The lowest BCUT2D eigenvalue weighted by molar-refractivity contribution is 0.103. The quantitative estimate of drug-likeness (QED) is 0.759. The topological polar surface area (TPSA) is 26.3 Å². The standard InChI is InChI=1S/C17H17BrO2/c1-4-20-15-8-6-5-7-14(15)17(19)13-9-11(2)16(18)12(3)10-13/h5-10H,4H2,1-3H3. The first kappa shape index (κ1) is 14.8. The Bertz CT molecular complexity index is 624. The van der Waals surface area contributed by atoms with E-state index in [0.29, 0.717) is 23.5 Å². The molecule has 0 bridgehead atoms. The van der Waals surface area contributed by atoms with Gasteiger partial charge in [0, 0.05) is 10.0 Å². The predicted molar refractivity (Wildman–Crippen MR) is 84.7 cm³/mol. The highest BCUT2D eigenvalue weighted by Gasteiger charge is 2.15. The monoisotopic (exact) mass is 332 g/mol. The zero-order valence-corrected chi connectivity index (χ0v) is 13.5. The van der Waals surface area contributed by atoms with Gasteiger partial charge in [0.05, 0.1) is 12.2 Å². The van der Waals surface area contributed by atoms with Gasteiger partial charge in [0.15, 0.2) is 5.78 Å². The lowest BCUT2D eigenvalue weighted by atomic mass is 9.99. The Morgan fingerprint density at radius 2 is 1.75 bits per heavy atom. The highest BCUT2D eigenvalue weighted by molar-refractivity contribution is 9.10. The molecule has 2 rings (SSSR count). The lowest BCUT2D eigenvalue weighted by Crippen LogP contribution is -2.06. The van der Waals surface area contributed by atoms with E-state index < -0.39 is 0 Å². The minimum Gasteiger partial charge on any atom is -0.493 e. The van der Waals surface area contributed by atoms with Gasteiger partial charge in [-0.2, -0.15) is 0 Å². The van der Waals surface area contributed by atoms with Crippen molar-refractivity contribution in [2.45, 2.75) is 20.8 Å². The fraction of sp³-hybridized carbons (Fsp3) is 0.235. The van der Waals surface area contributed by atoms with Gasteiger partial charge in [-0.1, -0.05) is 28.1 Å². The second kappa shape index (κ2) is 6.23. The third-order valence-electron chi connectivity index (χ3n) is 3.13. The summed E-state index contributed by atoms with van der Waals surface area (Å²) in [6.07, 6.45) is 0. The van der Waals surface area contributed by atoms with E-state index in [9.17, 15) is 4.79 Å². The Morgan fingerprint density at radius 1 is 1.15 bits per heavy atom. The number of rotatable bonds is 4. The summed E-state index contributed by atoms with van der Waals surface area (Å²) in [6, 6.07) is 11.2. The van der Waals surface area contributed by atoms with Crippen LogP contribution in [0.25, 0.3) is 0 Å². The Balaban J connectivity index is 2.46. The molecule has 0 radical (unpaired) electrons. The van der Waals surface area contributed by atoms with Crippen molar-refractivity contribution in [2.24, 2.45) is 0 Å². The van der Waals surface area contributed by atoms with Gasteiger partial charge >= 0.3 is 0 Å². The molecule has 2 nitrogen and oxygen atoms in total. The van der Waals surface area contributed by atoms with Crippen LogP contribution in [-0.4, -0.2) is 12.4 Å². The van der Waals surface area contributed by atoms with Crippen molar-refractivity contribution in [1.82, 2.24) is 0 Å². The molecule has 0 heterocycles. The number of ketones is 1. The molecule has 0 aliphatic carbocycles. The highest BCUT2D eigenvalue weighted by Crippen LogP contribution is 2.26. The van der Waals surface area contributed by atoms with Crippen molar-refractivity contribution in [3.8, 4) is 5.75 Å². The molecule has 0 aromatic heterocycles. The Labute approximate surface area is 127 Å². The molecule has 0 fully saturated rings. The summed E-state index contributed by atoms with van der Waals surface area (Å²) in [5, 5.41) is 0. The molecule has 0 amide bonds. The maximum atomic E-state index is 12.7. The molecule has 0 atom stereocenters. The average Bonchev–Trinajstić information content (AvgIpc) is 2.44. The molecule has 20 heavy (non-hydrogen) atoms. The van der Waals surface area contributed by atoms with Crippen LogP contribution in [0, 0.1) is 13.8 Å². The number of carbonyl (C=O) groups excluding carboxylic acids is 1. The van der Waals surface area contributed by atoms with E-state index in [-0.39, 0.29) is 5.78 Å². The van der Waals surface area contributed by atoms with Crippen LogP contribution < -0.4 is 4.74 Å². The minimum absolute atomic E-state index is 0.00671. The third kappa shape index (κ3) is 2.93. The van der Waals surface area contributed by atoms with E-state index >= 15 is 0 Å². The molecule has 0 unspecified atom stereocenters. The van der Waals surface area contributed by atoms with Crippen LogP contribution in [0.3, 0.4) is 0 Å². The normalized spacial score (nSPS) is 10.4. The molecule has 0 saturated heterocycles. The van der Waals surface area contributed by atoms with Crippen LogP contribution in [-0.2, 0) is 0 Å². The van der Waals surface area contributed by atoms with Gasteiger partial charge in [-0.05, 0) is 56.2 Å². The summed E-state index contributed by atoms with van der Waals surface area (Å²) >= 11 is 3.52. The lowest BCUT2D eigenvalue weighted by Gasteiger charge is -2.11. The van der Waals surface area contributed by atoms with Crippen LogP contribution in [0.5, 0.6) is 5.75 Å². The van der Waals surface area contributed by atoms with Crippen molar-refractivity contribution in [3.05, 3.63) is 63.1 Å².